The Kier molecular flexibility index (Phi) is 5.81. The molecule has 1 amide bonds. The van der Waals surface area contributed by atoms with Gasteiger partial charge >= 0.3 is 0 Å². The van der Waals surface area contributed by atoms with Crippen molar-refractivity contribution in [2.24, 2.45) is 0 Å². The van der Waals surface area contributed by atoms with Crippen molar-refractivity contribution in [3.8, 4) is 11.5 Å². The lowest BCUT2D eigenvalue weighted by Crippen LogP contribution is -2.37. The molecule has 0 aliphatic carbocycles. The van der Waals surface area contributed by atoms with Gasteiger partial charge < -0.3 is 14.8 Å². The lowest BCUT2D eigenvalue weighted by Gasteiger charge is -2.25. The van der Waals surface area contributed by atoms with E-state index in [0.717, 1.165) is 15.5 Å². The number of fused-ring (bicyclic) bond motifs is 1. The van der Waals surface area contributed by atoms with Crippen LogP contribution in [0.4, 0.5) is 11.4 Å². The zero-order valence-electron chi connectivity index (χ0n) is 15.0. The van der Waals surface area contributed by atoms with E-state index in [4.69, 9.17) is 9.47 Å². The molecule has 0 fully saturated rings. The zero-order chi connectivity index (χ0) is 19.4. The molecule has 0 unspecified atom stereocenters. The molecule has 1 aliphatic rings. The van der Waals surface area contributed by atoms with Crippen LogP contribution < -0.4 is 19.1 Å². The first kappa shape index (κ1) is 19.4. The average molecular weight is 409 g/mol. The van der Waals surface area contributed by atoms with Gasteiger partial charge in [0.05, 0.1) is 17.6 Å². The molecule has 2 aromatic carbocycles. The van der Waals surface area contributed by atoms with Crippen molar-refractivity contribution in [2.75, 3.05) is 41.9 Å². The molecule has 0 saturated carbocycles. The number of carbonyl (C=O) groups is 1. The van der Waals surface area contributed by atoms with Gasteiger partial charge in [-0.1, -0.05) is 12.1 Å². The van der Waals surface area contributed by atoms with Gasteiger partial charge in [0.1, 0.15) is 19.8 Å². The van der Waals surface area contributed by atoms with Gasteiger partial charge in [-0.3, -0.25) is 9.10 Å². The van der Waals surface area contributed by atoms with Gasteiger partial charge in [0, 0.05) is 11.0 Å². The number of nitrogens with one attached hydrogen (secondary N) is 1. The molecule has 1 aliphatic heterocycles. The highest BCUT2D eigenvalue weighted by atomic mass is 32.2. The molecule has 0 aromatic heterocycles. The van der Waals surface area contributed by atoms with E-state index in [9.17, 15) is 13.2 Å². The minimum Gasteiger partial charge on any atom is -0.486 e. The summed E-state index contributed by atoms with van der Waals surface area (Å²) >= 11 is 1.50. The molecule has 9 heteroatoms. The van der Waals surface area contributed by atoms with Crippen LogP contribution in [0.5, 0.6) is 11.5 Å². The number of hydrogen-bond donors (Lipinski definition) is 1. The highest BCUT2D eigenvalue weighted by Crippen LogP contribution is 2.34. The number of hydrogen-bond acceptors (Lipinski definition) is 6. The first-order chi connectivity index (χ1) is 12.9. The van der Waals surface area contributed by atoms with E-state index in [2.05, 4.69) is 5.32 Å². The number of anilines is 2. The van der Waals surface area contributed by atoms with Crippen LogP contribution in [0.2, 0.25) is 0 Å². The van der Waals surface area contributed by atoms with Crippen molar-refractivity contribution in [1.29, 1.82) is 0 Å². The Morgan fingerprint density at radius 2 is 1.85 bits per heavy atom. The van der Waals surface area contributed by atoms with Crippen molar-refractivity contribution >= 4 is 39.1 Å². The fourth-order valence-corrected chi connectivity index (χ4v) is 4.06. The number of sulfonamides is 1. The van der Waals surface area contributed by atoms with E-state index in [1.165, 1.54) is 11.8 Å². The van der Waals surface area contributed by atoms with E-state index >= 15 is 0 Å². The van der Waals surface area contributed by atoms with Gasteiger partial charge in [-0.15, -0.1) is 11.8 Å². The van der Waals surface area contributed by atoms with Crippen LogP contribution in [0, 0.1) is 0 Å². The Morgan fingerprint density at radius 1 is 1.15 bits per heavy atom. The van der Waals surface area contributed by atoms with Crippen LogP contribution in [0.3, 0.4) is 0 Å². The minimum absolute atomic E-state index is 0.343. The third kappa shape index (κ3) is 4.67. The Labute approximate surface area is 162 Å². The monoisotopic (exact) mass is 408 g/mol. The third-order valence-electron chi connectivity index (χ3n) is 3.88. The molecule has 0 bridgehead atoms. The maximum absolute atomic E-state index is 12.5. The summed E-state index contributed by atoms with van der Waals surface area (Å²) in [6.07, 6.45) is 2.97. The fourth-order valence-electron chi connectivity index (χ4n) is 2.66. The van der Waals surface area contributed by atoms with Crippen molar-refractivity contribution in [3.63, 3.8) is 0 Å². The minimum atomic E-state index is -3.68. The van der Waals surface area contributed by atoms with E-state index in [-0.39, 0.29) is 6.54 Å². The normalized spacial score (nSPS) is 13.1. The number of nitrogens with zero attached hydrogens (tertiary/aromatic N) is 1. The molecular formula is C18H20N2O5S2. The van der Waals surface area contributed by atoms with Gasteiger partial charge in [0.25, 0.3) is 0 Å². The molecule has 27 heavy (non-hydrogen) atoms. The molecule has 1 N–H and O–H groups in total. The smallest absolute Gasteiger partial charge is 0.245 e. The zero-order valence-corrected chi connectivity index (χ0v) is 16.6. The SMILES string of the molecule is CSc1ccccc1NC(=O)CN(c1ccc2c(c1)OCCO2)S(C)(=O)=O. The van der Waals surface area contributed by atoms with E-state index in [0.29, 0.717) is 36.1 Å². The first-order valence-corrected chi connectivity index (χ1v) is 11.3. The van der Waals surface area contributed by atoms with Gasteiger partial charge in [-0.05, 0) is 30.5 Å². The molecule has 1 heterocycles. The molecule has 3 rings (SSSR count). The molecule has 2 aromatic rings. The maximum Gasteiger partial charge on any atom is 0.245 e. The van der Waals surface area contributed by atoms with Gasteiger partial charge in [0.2, 0.25) is 15.9 Å². The second kappa shape index (κ2) is 8.10. The van der Waals surface area contributed by atoms with E-state index in [1.807, 2.05) is 24.5 Å². The van der Waals surface area contributed by atoms with Crippen LogP contribution >= 0.6 is 11.8 Å². The first-order valence-electron chi connectivity index (χ1n) is 8.19. The average Bonchev–Trinajstić information content (AvgIpc) is 2.65. The number of para-hydroxylation sites is 1. The van der Waals surface area contributed by atoms with Crippen LogP contribution in [-0.4, -0.2) is 46.6 Å². The second-order valence-corrected chi connectivity index (χ2v) is 8.60. The standard InChI is InChI=1S/C18H20N2O5S2/c1-26-17-6-4-3-5-14(17)19-18(21)12-20(27(2,22)23)13-7-8-15-16(11-13)25-10-9-24-15/h3-8,11H,9-10,12H2,1-2H3,(H,19,21). The molecule has 144 valence electrons. The Balaban J connectivity index is 1.83. The summed E-state index contributed by atoms with van der Waals surface area (Å²) in [7, 11) is -3.68. The summed E-state index contributed by atoms with van der Waals surface area (Å²) in [5, 5.41) is 2.77. The van der Waals surface area contributed by atoms with Crippen LogP contribution in [0.25, 0.3) is 0 Å². The van der Waals surface area contributed by atoms with Crippen molar-refractivity contribution in [3.05, 3.63) is 42.5 Å². The predicted molar refractivity (Wildman–Crippen MR) is 106 cm³/mol. The highest BCUT2D eigenvalue weighted by molar-refractivity contribution is 7.98. The number of ether oxygens (including phenoxy) is 2. The van der Waals surface area contributed by atoms with Crippen LogP contribution in [0.1, 0.15) is 0 Å². The molecule has 0 atom stereocenters. The number of carbonyl (C=O) groups excluding carboxylic acids is 1. The largest absolute Gasteiger partial charge is 0.486 e. The van der Waals surface area contributed by atoms with E-state index in [1.54, 1.807) is 24.3 Å². The van der Waals surface area contributed by atoms with Crippen molar-refractivity contribution < 1.29 is 22.7 Å². The summed E-state index contributed by atoms with van der Waals surface area (Å²) in [4.78, 5) is 13.4. The van der Waals surface area contributed by atoms with Crippen molar-refractivity contribution in [1.82, 2.24) is 0 Å². The van der Waals surface area contributed by atoms with Gasteiger partial charge in [-0.2, -0.15) is 0 Å². The molecule has 0 radical (unpaired) electrons. The number of benzene rings is 2. The molecule has 0 spiro atoms. The fraction of sp³-hybridized carbons (Fsp3) is 0.278. The lowest BCUT2D eigenvalue weighted by molar-refractivity contribution is -0.114. The summed E-state index contributed by atoms with van der Waals surface area (Å²) in [5.41, 5.74) is 0.987. The number of rotatable bonds is 6. The summed E-state index contributed by atoms with van der Waals surface area (Å²) in [5.74, 6) is 0.578. The maximum atomic E-state index is 12.5. The highest BCUT2D eigenvalue weighted by Gasteiger charge is 2.23. The Bertz CT molecular complexity index is 947. The molecular weight excluding hydrogens is 388 g/mol. The van der Waals surface area contributed by atoms with Crippen molar-refractivity contribution in [2.45, 2.75) is 4.90 Å². The van der Waals surface area contributed by atoms with Crippen LogP contribution in [-0.2, 0) is 14.8 Å². The summed E-state index contributed by atoms with van der Waals surface area (Å²) in [6, 6.07) is 12.2. The lowest BCUT2D eigenvalue weighted by atomic mass is 10.2. The predicted octanol–water partition coefficient (Wildman–Crippen LogP) is 2.58. The number of amides is 1. The molecule has 7 nitrogen and oxygen atoms in total. The van der Waals surface area contributed by atoms with Gasteiger partial charge in [0.15, 0.2) is 11.5 Å². The Morgan fingerprint density at radius 3 is 2.56 bits per heavy atom. The third-order valence-corrected chi connectivity index (χ3v) is 5.82. The summed E-state index contributed by atoms with van der Waals surface area (Å²) in [6.45, 7) is 0.488. The topological polar surface area (TPSA) is 84.9 Å². The quantitative estimate of drug-likeness (QED) is 0.740. The Hall–Kier alpha value is -2.39. The van der Waals surface area contributed by atoms with Gasteiger partial charge in [-0.25, -0.2) is 8.42 Å². The molecule has 0 saturated heterocycles. The second-order valence-electron chi connectivity index (χ2n) is 5.85. The summed E-state index contributed by atoms with van der Waals surface area (Å²) < 4.78 is 36.6. The van der Waals surface area contributed by atoms with E-state index < -0.39 is 15.9 Å². The number of thioether (sulfide) groups is 1. The van der Waals surface area contributed by atoms with Crippen LogP contribution in [0.15, 0.2) is 47.4 Å².